The Balaban J connectivity index is 3.09. The van der Waals surface area contributed by atoms with E-state index in [9.17, 15) is 14.4 Å². The van der Waals surface area contributed by atoms with Crippen molar-refractivity contribution in [3.05, 3.63) is 0 Å². The number of hydrogen-bond donors (Lipinski definition) is 1. The van der Waals surface area contributed by atoms with E-state index in [-0.39, 0.29) is 13.0 Å². The van der Waals surface area contributed by atoms with Crippen LogP contribution in [0.1, 0.15) is 48.0 Å². The van der Waals surface area contributed by atoms with E-state index in [4.69, 9.17) is 9.84 Å². The third-order valence-corrected chi connectivity index (χ3v) is 2.88. The lowest BCUT2D eigenvalue weighted by molar-refractivity contribution is -0.177. The molecule has 2 amide bonds. The summed E-state index contributed by atoms with van der Waals surface area (Å²) in [7, 11) is 0. The van der Waals surface area contributed by atoms with Gasteiger partial charge in [0, 0.05) is 6.42 Å². The van der Waals surface area contributed by atoms with Crippen LogP contribution < -0.4 is 0 Å². The second kappa shape index (κ2) is 5.54. The molecule has 7 nitrogen and oxygen atoms in total. The van der Waals surface area contributed by atoms with Gasteiger partial charge in [0.15, 0.2) is 0 Å². The Kier molecular flexibility index (Phi) is 4.55. The molecule has 0 aliphatic carbocycles. The van der Waals surface area contributed by atoms with Crippen LogP contribution in [0.15, 0.2) is 0 Å². The summed E-state index contributed by atoms with van der Waals surface area (Å²) in [6.07, 6.45) is -0.831. The van der Waals surface area contributed by atoms with E-state index in [1.165, 1.54) is 5.01 Å². The van der Waals surface area contributed by atoms with E-state index in [0.29, 0.717) is 0 Å². The van der Waals surface area contributed by atoms with Gasteiger partial charge in [-0.05, 0) is 41.5 Å². The maximum atomic E-state index is 12.3. The van der Waals surface area contributed by atoms with Crippen LogP contribution in [0.2, 0.25) is 0 Å². The SMILES string of the molecule is CC(C)(C)OC(=O)N1CC(C(=O)O)CC(=O)N1C(C)(C)C. The van der Waals surface area contributed by atoms with Gasteiger partial charge in [-0.3, -0.25) is 9.59 Å². The fraction of sp³-hybridized carbons (Fsp3) is 0.786. The number of carboxylic acids is 1. The number of amides is 2. The summed E-state index contributed by atoms with van der Waals surface area (Å²) in [5, 5.41) is 11.5. The maximum Gasteiger partial charge on any atom is 0.429 e. The highest BCUT2D eigenvalue weighted by Crippen LogP contribution is 2.27. The second-order valence-corrected chi connectivity index (χ2v) is 7.18. The van der Waals surface area contributed by atoms with Crippen molar-refractivity contribution in [2.24, 2.45) is 5.92 Å². The van der Waals surface area contributed by atoms with Gasteiger partial charge in [0.1, 0.15) is 5.60 Å². The number of nitrogens with zero attached hydrogens (tertiary/aromatic N) is 2. The first-order valence-corrected chi connectivity index (χ1v) is 6.89. The Bertz CT molecular complexity index is 447. The van der Waals surface area contributed by atoms with Gasteiger partial charge in [0.2, 0.25) is 5.91 Å². The van der Waals surface area contributed by atoms with E-state index in [1.54, 1.807) is 41.5 Å². The molecule has 1 aliphatic heterocycles. The van der Waals surface area contributed by atoms with Gasteiger partial charge >= 0.3 is 12.1 Å². The largest absolute Gasteiger partial charge is 0.481 e. The van der Waals surface area contributed by atoms with Crippen molar-refractivity contribution in [2.45, 2.75) is 59.1 Å². The van der Waals surface area contributed by atoms with E-state index in [2.05, 4.69) is 0 Å². The molecule has 1 aliphatic rings. The highest BCUT2D eigenvalue weighted by molar-refractivity contribution is 5.86. The predicted octanol–water partition coefficient (Wildman–Crippen LogP) is 1.87. The molecule has 1 unspecified atom stereocenters. The van der Waals surface area contributed by atoms with Gasteiger partial charge in [-0.15, -0.1) is 0 Å². The summed E-state index contributed by atoms with van der Waals surface area (Å²) >= 11 is 0. The van der Waals surface area contributed by atoms with Gasteiger partial charge < -0.3 is 9.84 Å². The minimum Gasteiger partial charge on any atom is -0.481 e. The molecule has 0 spiro atoms. The van der Waals surface area contributed by atoms with Crippen molar-refractivity contribution in [3.63, 3.8) is 0 Å². The zero-order valence-corrected chi connectivity index (χ0v) is 13.5. The van der Waals surface area contributed by atoms with Crippen molar-refractivity contribution in [3.8, 4) is 0 Å². The zero-order chi connectivity index (χ0) is 16.6. The first-order chi connectivity index (χ1) is 9.33. The standard InChI is InChI=1S/C14H24N2O5/c1-13(2,3)16-10(17)7-9(11(18)19)8-15(16)12(20)21-14(4,5)6/h9H,7-8H2,1-6H3,(H,18,19). The summed E-state index contributed by atoms with van der Waals surface area (Å²) in [5.41, 5.74) is -1.36. The van der Waals surface area contributed by atoms with E-state index < -0.39 is 35.0 Å². The van der Waals surface area contributed by atoms with Crippen LogP contribution in [0.3, 0.4) is 0 Å². The normalized spacial score (nSPS) is 20.5. The van der Waals surface area contributed by atoms with Crippen molar-refractivity contribution in [1.29, 1.82) is 0 Å². The molecule has 0 aromatic carbocycles. The number of carbonyl (C=O) groups excluding carboxylic acids is 2. The average Bonchev–Trinajstić information content (AvgIpc) is 2.23. The van der Waals surface area contributed by atoms with Crippen LogP contribution in [-0.2, 0) is 14.3 Å². The molecule has 0 aromatic heterocycles. The lowest BCUT2D eigenvalue weighted by Gasteiger charge is -2.47. The number of aliphatic carboxylic acids is 1. The van der Waals surface area contributed by atoms with Gasteiger partial charge in [0.05, 0.1) is 18.0 Å². The number of ether oxygens (including phenoxy) is 1. The van der Waals surface area contributed by atoms with E-state index in [0.717, 1.165) is 5.01 Å². The average molecular weight is 300 g/mol. The molecule has 1 saturated heterocycles. The fourth-order valence-electron chi connectivity index (χ4n) is 2.16. The van der Waals surface area contributed by atoms with Crippen LogP contribution in [0.25, 0.3) is 0 Å². The van der Waals surface area contributed by atoms with Gasteiger partial charge in [-0.25, -0.2) is 14.8 Å². The monoisotopic (exact) mass is 300 g/mol. The van der Waals surface area contributed by atoms with E-state index >= 15 is 0 Å². The summed E-state index contributed by atoms with van der Waals surface area (Å²) in [6, 6.07) is 0. The number of hydrogen-bond acceptors (Lipinski definition) is 4. The molecule has 1 rings (SSSR count). The Morgan fingerprint density at radius 1 is 1.19 bits per heavy atom. The first kappa shape index (κ1) is 17.3. The van der Waals surface area contributed by atoms with Crippen molar-refractivity contribution in [2.75, 3.05) is 6.54 Å². The molecular weight excluding hydrogens is 276 g/mol. The lowest BCUT2D eigenvalue weighted by atomic mass is 9.99. The quantitative estimate of drug-likeness (QED) is 0.798. The Hall–Kier alpha value is -1.79. The molecule has 1 fully saturated rings. The molecular formula is C14H24N2O5. The molecule has 0 aromatic rings. The third kappa shape index (κ3) is 4.34. The van der Waals surface area contributed by atoms with Gasteiger partial charge in [-0.1, -0.05) is 0 Å². The maximum absolute atomic E-state index is 12.3. The highest BCUT2D eigenvalue weighted by atomic mass is 16.6. The lowest BCUT2D eigenvalue weighted by Crippen LogP contribution is -2.63. The smallest absolute Gasteiger partial charge is 0.429 e. The number of carbonyl (C=O) groups is 3. The first-order valence-electron chi connectivity index (χ1n) is 6.89. The molecule has 0 saturated carbocycles. The summed E-state index contributed by atoms with van der Waals surface area (Å²) in [5.74, 6) is -2.40. The minimum absolute atomic E-state index is 0.0761. The Labute approximate surface area is 124 Å². The third-order valence-electron chi connectivity index (χ3n) is 2.88. The number of rotatable bonds is 1. The number of carboxylic acid groups (broad SMARTS) is 1. The second-order valence-electron chi connectivity index (χ2n) is 7.18. The van der Waals surface area contributed by atoms with Crippen LogP contribution in [0, 0.1) is 5.92 Å². The van der Waals surface area contributed by atoms with Crippen LogP contribution in [0.4, 0.5) is 4.79 Å². The van der Waals surface area contributed by atoms with Gasteiger partial charge in [0.25, 0.3) is 0 Å². The van der Waals surface area contributed by atoms with Crippen LogP contribution in [-0.4, -0.2) is 50.8 Å². The summed E-state index contributed by atoms with van der Waals surface area (Å²) in [6.45, 7) is 10.4. The molecule has 1 atom stereocenters. The number of hydrazine groups is 1. The molecule has 0 bridgehead atoms. The highest BCUT2D eigenvalue weighted by Gasteiger charge is 2.44. The van der Waals surface area contributed by atoms with Gasteiger partial charge in [-0.2, -0.15) is 0 Å². The van der Waals surface area contributed by atoms with Crippen molar-refractivity contribution < 1.29 is 24.2 Å². The van der Waals surface area contributed by atoms with Crippen molar-refractivity contribution >= 4 is 18.0 Å². The van der Waals surface area contributed by atoms with E-state index in [1.807, 2.05) is 0 Å². The zero-order valence-electron chi connectivity index (χ0n) is 13.5. The van der Waals surface area contributed by atoms with Crippen molar-refractivity contribution in [1.82, 2.24) is 10.0 Å². The molecule has 21 heavy (non-hydrogen) atoms. The molecule has 1 N–H and O–H groups in total. The Morgan fingerprint density at radius 3 is 2.10 bits per heavy atom. The fourth-order valence-corrected chi connectivity index (χ4v) is 2.16. The molecule has 120 valence electrons. The Morgan fingerprint density at radius 2 is 1.71 bits per heavy atom. The summed E-state index contributed by atoms with van der Waals surface area (Å²) < 4.78 is 5.28. The van der Waals surface area contributed by atoms with Crippen LogP contribution in [0.5, 0.6) is 0 Å². The topological polar surface area (TPSA) is 87.1 Å². The predicted molar refractivity (Wildman–Crippen MR) is 75.3 cm³/mol. The molecule has 1 heterocycles. The molecule has 7 heteroatoms. The minimum atomic E-state index is -1.09. The van der Waals surface area contributed by atoms with Crippen LogP contribution >= 0.6 is 0 Å². The molecule has 0 radical (unpaired) electrons. The summed E-state index contributed by atoms with van der Waals surface area (Å²) in [4.78, 5) is 35.7.